The summed E-state index contributed by atoms with van der Waals surface area (Å²) in [4.78, 5) is 129. The van der Waals surface area contributed by atoms with Crippen molar-refractivity contribution < 1.29 is 62.5 Å². The minimum atomic E-state index is -1.37. The molecule has 2 aromatic carbocycles. The maximum atomic E-state index is 13.6. The van der Waals surface area contributed by atoms with Crippen LogP contribution in [0.25, 0.3) is 11.3 Å². The Morgan fingerprint density at radius 1 is 0.810 bits per heavy atom. The zero-order chi connectivity index (χ0) is 56.8. The van der Waals surface area contributed by atoms with Gasteiger partial charge < -0.3 is 67.6 Å². The normalized spacial score (nSPS) is 14.2. The number of primary amides is 1. The molecule has 0 spiro atoms. The summed E-state index contributed by atoms with van der Waals surface area (Å²) in [6, 6.07) is 10.4. The molecule has 420 valence electrons. The molecule has 3 atom stereocenters. The van der Waals surface area contributed by atoms with E-state index in [4.69, 9.17) is 25.7 Å². The van der Waals surface area contributed by atoms with Gasteiger partial charge in [-0.3, -0.25) is 38.7 Å². The van der Waals surface area contributed by atoms with Crippen LogP contribution >= 0.6 is 0 Å². The molecule has 1 saturated heterocycles. The third-order valence-electron chi connectivity index (χ3n) is 12.5. The van der Waals surface area contributed by atoms with Gasteiger partial charge in [0.2, 0.25) is 17.7 Å². The van der Waals surface area contributed by atoms with Gasteiger partial charge in [-0.15, -0.1) is 0 Å². The molecule has 9 amide bonds. The van der Waals surface area contributed by atoms with Gasteiger partial charge in [0.25, 0.3) is 17.7 Å². The lowest BCUT2D eigenvalue weighted by Crippen LogP contribution is -2.54. The summed E-state index contributed by atoms with van der Waals surface area (Å²) in [7, 11) is 0. The van der Waals surface area contributed by atoms with Crippen LogP contribution in [0.4, 0.5) is 32.5 Å². The van der Waals surface area contributed by atoms with Gasteiger partial charge in [-0.1, -0.05) is 32.4 Å². The van der Waals surface area contributed by atoms with E-state index >= 15 is 0 Å². The van der Waals surface area contributed by atoms with Crippen molar-refractivity contribution in [3.05, 3.63) is 96.6 Å². The number of pyridine rings is 1. The number of carboxylic acid groups (broad SMARTS) is 1. The number of nitrogens with two attached hydrogens (primary N) is 2. The van der Waals surface area contributed by atoms with E-state index in [1.165, 1.54) is 30.5 Å². The van der Waals surface area contributed by atoms with E-state index in [0.717, 1.165) is 10.6 Å². The average Bonchev–Trinajstić information content (AvgIpc) is 3.76. The second-order valence-corrected chi connectivity index (χ2v) is 18.7. The molecular weight excluding hydrogens is 1030 g/mol. The van der Waals surface area contributed by atoms with E-state index in [2.05, 4.69) is 51.8 Å². The minimum absolute atomic E-state index is 0.0693. The zero-order valence-electron chi connectivity index (χ0n) is 43.7. The summed E-state index contributed by atoms with van der Waals surface area (Å²) in [6.45, 7) is 5.88. The Labute approximate surface area is 454 Å². The molecule has 4 heterocycles. The Bertz CT molecular complexity index is 2830. The van der Waals surface area contributed by atoms with Crippen molar-refractivity contribution in [3.63, 3.8) is 0 Å². The van der Waals surface area contributed by atoms with E-state index in [9.17, 15) is 48.3 Å². The fraction of sp³-hybridized carbons (Fsp3) is 0.396. The maximum absolute atomic E-state index is 13.6. The molecule has 0 bridgehead atoms. The number of unbranched alkanes of at least 4 members (excludes halogenated alkanes) is 2. The second kappa shape index (κ2) is 29.4. The first-order valence-electron chi connectivity index (χ1n) is 25.6. The largest absolute Gasteiger partial charge is 0.494 e. The molecule has 2 aliphatic heterocycles. The van der Waals surface area contributed by atoms with Crippen molar-refractivity contribution in [2.24, 2.45) is 11.7 Å². The number of hydrogen-bond donors (Lipinski definition) is 9. The van der Waals surface area contributed by atoms with Gasteiger partial charge in [-0.25, -0.2) is 24.4 Å². The van der Waals surface area contributed by atoms with Crippen LogP contribution in [0.5, 0.6) is 5.75 Å². The summed E-state index contributed by atoms with van der Waals surface area (Å²) in [5, 5.41) is 25.7. The van der Waals surface area contributed by atoms with Gasteiger partial charge in [0.15, 0.2) is 11.5 Å². The van der Waals surface area contributed by atoms with Crippen molar-refractivity contribution in [1.29, 1.82) is 0 Å². The van der Waals surface area contributed by atoms with E-state index in [0.29, 0.717) is 79.5 Å². The highest BCUT2D eigenvalue weighted by molar-refractivity contribution is 6.13. The highest BCUT2D eigenvalue weighted by Gasteiger charge is 2.30. The number of aliphatic carboxylic acids is 1. The van der Waals surface area contributed by atoms with E-state index < -0.39 is 59.8 Å². The molecule has 0 saturated carbocycles. The molecular formula is C53H65N13O13. The Morgan fingerprint density at radius 2 is 1.53 bits per heavy atom. The number of amides is 9. The molecule has 2 aromatic heterocycles. The molecule has 2 aliphatic rings. The highest BCUT2D eigenvalue weighted by atomic mass is 16.5. The van der Waals surface area contributed by atoms with E-state index in [1.54, 1.807) is 68.7 Å². The first-order valence-corrected chi connectivity index (χ1v) is 25.6. The molecule has 6 rings (SSSR count). The standard InChI is InChI=1S/C53H65N13O13/c1-32(2)45(64-42(67)8-4-3-5-23-66-43(68)17-18-44(66)69)49(71)61-37(7-6-21-57-52(55)75)48(70)59-35-13-9-33(10-14-35)31-79-53(76)63-38(51(73)74)20-26-78-36-15-11-34(12-16-36)39-30-58-47(54)46(60-39)50(72)62-40-29-56-22-19-41(40)65-24-27-77-28-25-65/h9-19,22,29-30,32,37-38,45H,3-8,20-21,23-28,31H2,1-2H3,(H2,54,58)(H,59,70)(H,61,71)(H,62,72)(H,63,76)(H,64,67)(H,73,74)(H3,55,57,75)/t37-,38-,45-/m0/s1. The fourth-order valence-electron chi connectivity index (χ4n) is 8.18. The molecule has 79 heavy (non-hydrogen) atoms. The summed E-state index contributed by atoms with van der Waals surface area (Å²) in [5.74, 6) is -4.29. The summed E-state index contributed by atoms with van der Waals surface area (Å²) in [6.07, 6.45) is 7.85. The zero-order valence-corrected chi connectivity index (χ0v) is 43.7. The Hall–Kier alpha value is -9.20. The van der Waals surface area contributed by atoms with Gasteiger partial charge in [0, 0.05) is 68.6 Å². The number of ether oxygens (including phenoxy) is 3. The number of carboxylic acids is 1. The number of nitrogens with zero attached hydrogens (tertiary/aromatic N) is 5. The first kappa shape index (κ1) is 59.1. The molecule has 4 aromatic rings. The van der Waals surface area contributed by atoms with Crippen molar-refractivity contribution in [2.75, 3.05) is 67.3 Å². The Kier molecular flexibility index (Phi) is 21.9. The molecule has 0 aliphatic carbocycles. The van der Waals surface area contributed by atoms with Crippen molar-refractivity contribution >= 4 is 76.4 Å². The third-order valence-corrected chi connectivity index (χ3v) is 12.5. The van der Waals surface area contributed by atoms with Gasteiger partial charge in [0.05, 0.1) is 49.3 Å². The topological polar surface area (TPSA) is 371 Å². The van der Waals surface area contributed by atoms with Gasteiger partial charge in [-0.2, -0.15) is 0 Å². The predicted molar refractivity (Wildman–Crippen MR) is 287 cm³/mol. The highest BCUT2D eigenvalue weighted by Crippen LogP contribution is 2.27. The van der Waals surface area contributed by atoms with E-state index in [-0.39, 0.29) is 81.2 Å². The number of nitrogens with one attached hydrogen (secondary N) is 6. The minimum Gasteiger partial charge on any atom is -0.494 e. The van der Waals surface area contributed by atoms with Crippen molar-refractivity contribution in [2.45, 2.75) is 83.5 Å². The summed E-state index contributed by atoms with van der Waals surface area (Å²) >= 11 is 0. The lowest BCUT2D eigenvalue weighted by Gasteiger charge is -2.30. The van der Waals surface area contributed by atoms with Gasteiger partial charge >= 0.3 is 18.1 Å². The number of carbonyl (C=O) groups is 9. The molecule has 1 fully saturated rings. The van der Waals surface area contributed by atoms with Crippen LogP contribution in [0.2, 0.25) is 0 Å². The smallest absolute Gasteiger partial charge is 0.408 e. The second-order valence-electron chi connectivity index (χ2n) is 18.7. The Morgan fingerprint density at radius 3 is 2.22 bits per heavy atom. The molecule has 11 N–H and O–H groups in total. The number of hydrogen-bond acceptors (Lipinski definition) is 17. The maximum Gasteiger partial charge on any atom is 0.408 e. The van der Waals surface area contributed by atoms with Crippen LogP contribution in [0.15, 0.2) is 85.3 Å². The monoisotopic (exact) mass is 1090 g/mol. The number of nitrogen functional groups attached to an aromatic ring is 1. The molecule has 26 heteroatoms. The van der Waals surface area contributed by atoms with Crippen molar-refractivity contribution in [3.8, 4) is 17.0 Å². The number of morpholine rings is 1. The average molecular weight is 1090 g/mol. The lowest BCUT2D eigenvalue weighted by molar-refractivity contribution is -0.140. The van der Waals surface area contributed by atoms with E-state index in [1.807, 2.05) is 0 Å². The van der Waals surface area contributed by atoms with Crippen LogP contribution in [0, 0.1) is 5.92 Å². The Balaban J connectivity index is 0.941. The molecule has 26 nitrogen and oxygen atoms in total. The summed E-state index contributed by atoms with van der Waals surface area (Å²) in [5.41, 5.74) is 14.2. The van der Waals surface area contributed by atoms with Crippen LogP contribution < -0.4 is 53.0 Å². The SMILES string of the molecule is CC(C)[C@H](NC(=O)CCCCCN1C(=O)C=CC1=O)C(=O)N[C@@H](CCCNC(N)=O)C(=O)Nc1ccc(COC(=O)N[C@@H](CCOc2ccc(-c3cnc(N)c(C(=O)Nc4cnccc4N4CCOCC4)n3)cc2)C(=O)O)cc1. The predicted octanol–water partition coefficient (Wildman–Crippen LogP) is 2.86. The fourth-order valence-corrected chi connectivity index (χ4v) is 8.18. The number of anilines is 4. The number of alkyl carbamates (subject to hydrolysis) is 1. The van der Waals surface area contributed by atoms with Crippen LogP contribution in [0.1, 0.15) is 74.8 Å². The van der Waals surface area contributed by atoms with Gasteiger partial charge in [0.1, 0.15) is 30.5 Å². The number of urea groups is 1. The number of carbonyl (C=O) groups excluding carboxylic acids is 8. The molecule has 0 radical (unpaired) electrons. The van der Waals surface area contributed by atoms with Gasteiger partial charge in [-0.05, 0) is 79.6 Å². The quantitative estimate of drug-likeness (QED) is 0.0292. The van der Waals surface area contributed by atoms with Crippen LogP contribution in [-0.4, -0.2) is 143 Å². The number of aromatic nitrogens is 3. The lowest BCUT2D eigenvalue weighted by atomic mass is 10.0. The molecule has 0 unspecified atom stereocenters. The van der Waals surface area contributed by atoms with Crippen LogP contribution in [-0.2, 0) is 44.8 Å². The number of imide groups is 1. The van der Waals surface area contributed by atoms with Crippen LogP contribution in [0.3, 0.4) is 0 Å². The van der Waals surface area contributed by atoms with Crippen molar-refractivity contribution in [1.82, 2.24) is 41.1 Å². The third kappa shape index (κ3) is 18.2. The number of benzene rings is 2. The number of rotatable bonds is 28. The first-order chi connectivity index (χ1) is 37.9. The summed E-state index contributed by atoms with van der Waals surface area (Å²) < 4.78 is 16.5.